The van der Waals surface area contributed by atoms with Gasteiger partial charge >= 0.3 is 0 Å². The monoisotopic (exact) mass is 408 g/mol. The highest BCUT2D eigenvalue weighted by atomic mass is 35.5. The van der Waals surface area contributed by atoms with Gasteiger partial charge in [-0.05, 0) is 19.3 Å². The van der Waals surface area contributed by atoms with Crippen LogP contribution in [0.3, 0.4) is 0 Å². The van der Waals surface area contributed by atoms with Gasteiger partial charge in [-0.25, -0.2) is 4.98 Å². The molecule has 2 aliphatic rings. The van der Waals surface area contributed by atoms with Gasteiger partial charge in [0.15, 0.2) is 0 Å². The number of halogens is 2. The van der Waals surface area contributed by atoms with E-state index in [0.29, 0.717) is 12.0 Å². The van der Waals surface area contributed by atoms with Crippen LogP contribution in [0.2, 0.25) is 0 Å². The van der Waals surface area contributed by atoms with Crippen LogP contribution in [0, 0.1) is 12.8 Å². The van der Waals surface area contributed by atoms with Gasteiger partial charge in [0.25, 0.3) is 5.91 Å². The molecular weight excluding hydrogens is 379 g/mol. The molecule has 2 saturated heterocycles. The summed E-state index contributed by atoms with van der Waals surface area (Å²) in [4.78, 5) is 22.9. The summed E-state index contributed by atoms with van der Waals surface area (Å²) in [5.74, 6) is 0.764. The van der Waals surface area contributed by atoms with Crippen LogP contribution in [0.4, 0.5) is 0 Å². The SMILES string of the molecule is Cc1nc(CC(C)C)sc1C(=O)N1CCC(N2CCNCC2)C1.Cl.Cl. The highest BCUT2D eigenvalue weighted by Crippen LogP contribution is 2.25. The van der Waals surface area contributed by atoms with E-state index < -0.39 is 0 Å². The van der Waals surface area contributed by atoms with Gasteiger partial charge in [-0.15, -0.1) is 36.2 Å². The molecule has 5 nitrogen and oxygen atoms in total. The molecule has 144 valence electrons. The molecule has 1 atom stereocenters. The average Bonchev–Trinajstić information content (AvgIpc) is 3.14. The van der Waals surface area contributed by atoms with Crippen molar-refractivity contribution < 1.29 is 4.79 Å². The molecule has 1 N–H and O–H groups in total. The number of nitrogens with one attached hydrogen (secondary N) is 1. The minimum absolute atomic E-state index is 0. The van der Waals surface area contributed by atoms with Crippen molar-refractivity contribution in [2.45, 2.75) is 39.7 Å². The Hall–Kier alpha value is -0.400. The van der Waals surface area contributed by atoms with Gasteiger partial charge in [0.05, 0.1) is 10.7 Å². The third-order valence-electron chi connectivity index (χ3n) is 4.74. The van der Waals surface area contributed by atoms with E-state index in [2.05, 4.69) is 29.0 Å². The minimum Gasteiger partial charge on any atom is -0.336 e. The lowest BCUT2D eigenvalue weighted by molar-refractivity contribution is 0.0777. The molecule has 0 radical (unpaired) electrons. The third-order valence-corrected chi connectivity index (χ3v) is 5.90. The molecule has 25 heavy (non-hydrogen) atoms. The highest BCUT2D eigenvalue weighted by molar-refractivity contribution is 7.13. The van der Waals surface area contributed by atoms with E-state index in [4.69, 9.17) is 0 Å². The maximum absolute atomic E-state index is 12.9. The van der Waals surface area contributed by atoms with Crippen LogP contribution >= 0.6 is 36.2 Å². The number of hydrogen-bond acceptors (Lipinski definition) is 5. The van der Waals surface area contributed by atoms with E-state index in [0.717, 1.165) is 67.7 Å². The zero-order chi connectivity index (χ0) is 16.4. The summed E-state index contributed by atoms with van der Waals surface area (Å²) in [5.41, 5.74) is 0.904. The summed E-state index contributed by atoms with van der Waals surface area (Å²) in [7, 11) is 0. The van der Waals surface area contributed by atoms with E-state index in [1.807, 2.05) is 11.8 Å². The van der Waals surface area contributed by atoms with Crippen molar-refractivity contribution in [2.24, 2.45) is 5.92 Å². The summed E-state index contributed by atoms with van der Waals surface area (Å²) in [6, 6.07) is 0.532. The molecule has 1 unspecified atom stereocenters. The van der Waals surface area contributed by atoms with Crippen LogP contribution in [0.25, 0.3) is 0 Å². The molecule has 0 aliphatic carbocycles. The minimum atomic E-state index is 0. The highest BCUT2D eigenvalue weighted by Gasteiger charge is 2.32. The van der Waals surface area contributed by atoms with Crippen LogP contribution in [0.1, 0.15) is 40.6 Å². The molecule has 1 aromatic rings. The fraction of sp³-hybridized carbons (Fsp3) is 0.765. The van der Waals surface area contributed by atoms with Crippen molar-refractivity contribution >= 4 is 42.1 Å². The predicted octanol–water partition coefficient (Wildman–Crippen LogP) is 2.61. The summed E-state index contributed by atoms with van der Waals surface area (Å²) in [6.45, 7) is 12.4. The topological polar surface area (TPSA) is 48.5 Å². The molecule has 2 aliphatic heterocycles. The van der Waals surface area contributed by atoms with Gasteiger partial charge in [0.2, 0.25) is 0 Å². The first kappa shape index (κ1) is 22.6. The Bertz CT molecular complexity index is 561. The number of carbonyl (C=O) groups is 1. The van der Waals surface area contributed by atoms with Gasteiger partial charge in [0, 0.05) is 51.7 Å². The Morgan fingerprint density at radius 1 is 1.28 bits per heavy atom. The van der Waals surface area contributed by atoms with Crippen molar-refractivity contribution in [3.8, 4) is 0 Å². The van der Waals surface area contributed by atoms with E-state index in [1.54, 1.807) is 11.3 Å². The first-order chi connectivity index (χ1) is 11.0. The van der Waals surface area contributed by atoms with Crippen LogP contribution in [0.15, 0.2) is 0 Å². The van der Waals surface area contributed by atoms with Crippen molar-refractivity contribution in [3.63, 3.8) is 0 Å². The van der Waals surface area contributed by atoms with E-state index in [9.17, 15) is 4.79 Å². The summed E-state index contributed by atoms with van der Waals surface area (Å²) in [6.07, 6.45) is 2.06. The quantitative estimate of drug-likeness (QED) is 0.831. The predicted molar refractivity (Wildman–Crippen MR) is 109 cm³/mol. The number of hydrogen-bond donors (Lipinski definition) is 1. The molecule has 0 saturated carbocycles. The van der Waals surface area contributed by atoms with Crippen molar-refractivity contribution in [2.75, 3.05) is 39.3 Å². The summed E-state index contributed by atoms with van der Waals surface area (Å²) < 4.78 is 0. The molecule has 2 fully saturated rings. The van der Waals surface area contributed by atoms with Crippen molar-refractivity contribution in [1.29, 1.82) is 0 Å². The van der Waals surface area contributed by atoms with E-state index >= 15 is 0 Å². The molecule has 3 rings (SSSR count). The first-order valence-corrected chi connectivity index (χ1v) is 9.56. The Balaban J connectivity index is 0.00000156. The number of aromatic nitrogens is 1. The molecule has 0 bridgehead atoms. The number of nitrogens with zero attached hydrogens (tertiary/aromatic N) is 3. The van der Waals surface area contributed by atoms with Crippen molar-refractivity contribution in [1.82, 2.24) is 20.1 Å². The largest absolute Gasteiger partial charge is 0.336 e. The van der Waals surface area contributed by atoms with E-state index in [-0.39, 0.29) is 30.7 Å². The fourth-order valence-electron chi connectivity index (χ4n) is 3.50. The number of rotatable bonds is 4. The number of amides is 1. The lowest BCUT2D eigenvalue weighted by Gasteiger charge is -2.32. The smallest absolute Gasteiger partial charge is 0.265 e. The lowest BCUT2D eigenvalue weighted by Crippen LogP contribution is -2.49. The van der Waals surface area contributed by atoms with Crippen molar-refractivity contribution in [3.05, 3.63) is 15.6 Å². The van der Waals surface area contributed by atoms with Gasteiger partial charge < -0.3 is 10.2 Å². The van der Waals surface area contributed by atoms with Gasteiger partial charge in [-0.1, -0.05) is 13.8 Å². The van der Waals surface area contributed by atoms with Crippen LogP contribution < -0.4 is 5.32 Å². The number of thiazole rings is 1. The third kappa shape index (κ3) is 5.54. The standard InChI is InChI=1S/C17H28N4OS.2ClH/c1-12(2)10-15-19-13(3)16(23-15)17(22)21-7-4-14(11-21)20-8-5-18-6-9-20;;/h12,14,18H,4-11H2,1-3H3;2*1H. The van der Waals surface area contributed by atoms with E-state index in [1.165, 1.54) is 0 Å². The molecule has 1 aromatic heterocycles. The Morgan fingerprint density at radius 2 is 1.96 bits per heavy atom. The van der Waals surface area contributed by atoms with Crippen LogP contribution in [-0.4, -0.2) is 66.0 Å². The van der Waals surface area contributed by atoms with Crippen LogP contribution in [-0.2, 0) is 6.42 Å². The first-order valence-electron chi connectivity index (χ1n) is 8.75. The zero-order valence-electron chi connectivity index (χ0n) is 15.3. The molecule has 8 heteroatoms. The Labute approximate surface area is 167 Å². The number of piperazine rings is 1. The molecule has 0 spiro atoms. The maximum Gasteiger partial charge on any atom is 0.265 e. The molecule has 3 heterocycles. The van der Waals surface area contributed by atoms with Crippen LogP contribution in [0.5, 0.6) is 0 Å². The number of aryl methyl sites for hydroxylation is 1. The second-order valence-electron chi connectivity index (χ2n) is 7.10. The Morgan fingerprint density at radius 3 is 2.60 bits per heavy atom. The second-order valence-corrected chi connectivity index (χ2v) is 8.18. The summed E-state index contributed by atoms with van der Waals surface area (Å²) in [5, 5.41) is 4.49. The fourth-order valence-corrected chi connectivity index (χ4v) is 4.75. The van der Waals surface area contributed by atoms with Gasteiger partial charge in [-0.3, -0.25) is 9.69 Å². The number of likely N-dealkylation sites (tertiary alicyclic amines) is 1. The molecular formula is C17H30Cl2N4OS. The summed E-state index contributed by atoms with van der Waals surface area (Å²) >= 11 is 1.59. The molecule has 0 aromatic carbocycles. The zero-order valence-corrected chi connectivity index (χ0v) is 17.7. The Kier molecular flexibility index (Phi) is 9.12. The normalized spacial score (nSPS) is 21.1. The lowest BCUT2D eigenvalue weighted by atomic mass is 10.1. The number of carbonyl (C=O) groups excluding carboxylic acids is 1. The maximum atomic E-state index is 12.9. The average molecular weight is 409 g/mol. The second kappa shape index (κ2) is 10.1. The van der Waals surface area contributed by atoms with Gasteiger partial charge in [-0.2, -0.15) is 0 Å². The molecule has 1 amide bonds. The van der Waals surface area contributed by atoms with Gasteiger partial charge in [0.1, 0.15) is 4.88 Å².